The van der Waals surface area contributed by atoms with Crippen LogP contribution in [0.4, 0.5) is 0 Å². The second kappa shape index (κ2) is 12.5. The Morgan fingerprint density at radius 1 is 0.422 bits per heavy atom. The fourth-order valence-corrected chi connectivity index (χ4v) is 14.4. The van der Waals surface area contributed by atoms with Crippen molar-refractivity contribution in [2.45, 2.75) is 42.9 Å². The summed E-state index contributed by atoms with van der Waals surface area (Å²) in [5, 5.41) is 2.29. The predicted octanol–water partition coefficient (Wildman–Crippen LogP) is 14.2. The largest absolute Gasteiger partial charge is 0.457 e. The van der Waals surface area contributed by atoms with Gasteiger partial charge in [-0.1, -0.05) is 158 Å². The second-order valence-electron chi connectivity index (χ2n) is 19.7. The van der Waals surface area contributed by atoms with Crippen molar-refractivity contribution in [3.8, 4) is 67.9 Å². The van der Waals surface area contributed by atoms with Crippen LogP contribution >= 0.6 is 0 Å². The molecule has 304 valence electrons. The lowest BCUT2D eigenvalue weighted by molar-refractivity contribution is -0.175. The Morgan fingerprint density at radius 2 is 1.00 bits per heavy atom. The first kappa shape index (κ1) is 35.3. The van der Waals surface area contributed by atoms with E-state index in [0.29, 0.717) is 28.3 Å². The minimum Gasteiger partial charge on any atom is -0.457 e. The summed E-state index contributed by atoms with van der Waals surface area (Å²) in [6.45, 7) is 0. The van der Waals surface area contributed by atoms with Gasteiger partial charge in [0.05, 0.1) is 5.41 Å². The molecule has 1 aliphatic heterocycles. The van der Waals surface area contributed by atoms with E-state index in [9.17, 15) is 0 Å². The fraction of sp³-hybridized carbons (Fsp3) is 0.183. The van der Waals surface area contributed by atoms with Crippen LogP contribution in [0.5, 0.6) is 11.5 Å². The zero-order chi connectivity index (χ0) is 41.8. The Kier molecular flexibility index (Phi) is 6.90. The number of fused-ring (bicyclic) bond motifs is 11. The van der Waals surface area contributed by atoms with Gasteiger partial charge in [-0.05, 0) is 135 Å². The number of para-hydroxylation sites is 1. The van der Waals surface area contributed by atoms with Gasteiger partial charge in [-0.15, -0.1) is 0 Å². The summed E-state index contributed by atoms with van der Waals surface area (Å²) in [6, 6.07) is 66.1. The highest BCUT2D eigenvalue weighted by atomic mass is 16.5. The van der Waals surface area contributed by atoms with E-state index in [2.05, 4.69) is 182 Å². The molecule has 2 bridgehead atoms. The smallest absolute Gasteiger partial charge is 0.164 e. The molecule has 2 heterocycles. The van der Waals surface area contributed by atoms with Crippen molar-refractivity contribution in [2.75, 3.05) is 0 Å². The molecule has 1 aromatic heterocycles. The molecule has 5 atom stereocenters. The van der Waals surface area contributed by atoms with Gasteiger partial charge in [-0.2, -0.15) is 0 Å². The Hall–Kier alpha value is -7.17. The van der Waals surface area contributed by atoms with E-state index in [1.54, 1.807) is 0 Å². The highest BCUT2D eigenvalue weighted by Gasteiger charge is 2.77. The first-order chi connectivity index (χ1) is 31.6. The van der Waals surface area contributed by atoms with Crippen LogP contribution in [0.1, 0.15) is 59.9 Å². The van der Waals surface area contributed by atoms with Crippen molar-refractivity contribution < 1.29 is 4.74 Å². The number of aromatic nitrogens is 3. The van der Waals surface area contributed by atoms with Crippen LogP contribution in [-0.4, -0.2) is 15.0 Å². The number of ether oxygens (including phenoxy) is 1. The molecule has 8 aromatic carbocycles. The fourth-order valence-electron chi connectivity index (χ4n) is 14.4. The van der Waals surface area contributed by atoms with Crippen LogP contribution in [0.2, 0.25) is 0 Å². The number of nitrogens with zero attached hydrogens (tertiary/aromatic N) is 3. The normalized spacial score (nSPS) is 24.2. The third-order valence-electron chi connectivity index (χ3n) is 17.1. The summed E-state index contributed by atoms with van der Waals surface area (Å²) in [5.74, 6) is 6.74. The van der Waals surface area contributed by atoms with E-state index < -0.39 is 5.41 Å². The van der Waals surface area contributed by atoms with Gasteiger partial charge in [-0.25, -0.2) is 15.0 Å². The highest BCUT2D eigenvalue weighted by molar-refractivity contribution is 5.95. The van der Waals surface area contributed by atoms with E-state index in [4.69, 9.17) is 19.7 Å². The second-order valence-corrected chi connectivity index (χ2v) is 19.7. The molecule has 0 N–H and O–H groups in total. The van der Waals surface area contributed by atoms with Crippen molar-refractivity contribution in [3.63, 3.8) is 0 Å². The van der Waals surface area contributed by atoms with Crippen LogP contribution in [0.25, 0.3) is 67.2 Å². The number of hydrogen-bond donors (Lipinski definition) is 0. The molecule has 2 spiro atoms. The van der Waals surface area contributed by atoms with E-state index in [0.717, 1.165) is 79.0 Å². The molecule has 4 fully saturated rings. The Bertz CT molecular complexity index is 3390. The van der Waals surface area contributed by atoms with E-state index in [1.165, 1.54) is 59.9 Å². The van der Waals surface area contributed by atoms with Gasteiger partial charge in [0.15, 0.2) is 17.5 Å². The maximum Gasteiger partial charge on any atom is 0.164 e. The van der Waals surface area contributed by atoms with Crippen molar-refractivity contribution in [2.24, 2.45) is 23.2 Å². The lowest BCUT2D eigenvalue weighted by Gasteiger charge is -2.66. The van der Waals surface area contributed by atoms with Crippen LogP contribution < -0.4 is 4.74 Å². The molecule has 0 saturated heterocycles. The molecule has 6 aliphatic rings. The van der Waals surface area contributed by atoms with E-state index in [-0.39, 0.29) is 0 Å². The van der Waals surface area contributed by atoms with Crippen LogP contribution in [0.15, 0.2) is 182 Å². The minimum atomic E-state index is -0.534. The summed E-state index contributed by atoms with van der Waals surface area (Å²) in [5.41, 5.74) is 14.6. The Balaban J connectivity index is 0.866. The molecule has 5 aliphatic carbocycles. The summed E-state index contributed by atoms with van der Waals surface area (Å²) < 4.78 is 6.76. The first-order valence-electron chi connectivity index (χ1n) is 23.2. The maximum atomic E-state index is 6.76. The molecular formula is C60H43N3O. The highest BCUT2D eigenvalue weighted by Crippen LogP contribution is 2.84. The van der Waals surface area contributed by atoms with Gasteiger partial charge in [0.2, 0.25) is 0 Å². The third-order valence-corrected chi connectivity index (χ3v) is 17.1. The zero-order valence-electron chi connectivity index (χ0n) is 35.3. The maximum absolute atomic E-state index is 6.76. The number of hydrogen-bond acceptors (Lipinski definition) is 4. The van der Waals surface area contributed by atoms with Crippen molar-refractivity contribution in [1.82, 2.24) is 15.0 Å². The summed E-state index contributed by atoms with van der Waals surface area (Å²) >= 11 is 0. The summed E-state index contributed by atoms with van der Waals surface area (Å²) in [4.78, 5) is 15.9. The van der Waals surface area contributed by atoms with Gasteiger partial charge >= 0.3 is 0 Å². The third kappa shape index (κ3) is 4.50. The van der Waals surface area contributed by atoms with Gasteiger partial charge in [-0.3, -0.25) is 0 Å². The molecule has 4 nitrogen and oxygen atoms in total. The lowest BCUT2D eigenvalue weighted by Crippen LogP contribution is -2.59. The quantitative estimate of drug-likeness (QED) is 0.173. The summed E-state index contributed by atoms with van der Waals surface area (Å²) in [6.07, 6.45) is 7.11. The van der Waals surface area contributed by atoms with E-state index in [1.807, 2.05) is 0 Å². The number of benzene rings is 8. The molecule has 0 radical (unpaired) electrons. The lowest BCUT2D eigenvalue weighted by atomic mass is 9.38. The standard InChI is InChI=1S/C60H43N3O/c1-2-15-45-36(11-1)12-10-18-48(45)57-62-55(37-23-26-41(27-24-37)58-33-43-31-42-32-44(34-58)59(42,43)35-58)61-56(63-57)40-14-9-13-38(29-40)39-25-28-54-52(30-39)60(51-21-7-8-22-53(51)64-54)49-19-5-3-16-46(49)47-17-4-6-20-50(47)60/h1-30,42-44H,31-35H2/t42?,43-,44+,58?,59?. The van der Waals surface area contributed by atoms with Crippen molar-refractivity contribution in [3.05, 3.63) is 210 Å². The van der Waals surface area contributed by atoms with Gasteiger partial charge in [0.1, 0.15) is 11.5 Å². The Morgan fingerprint density at radius 3 is 1.77 bits per heavy atom. The zero-order valence-corrected chi connectivity index (χ0v) is 35.3. The van der Waals surface area contributed by atoms with Gasteiger partial charge < -0.3 is 4.74 Å². The average Bonchev–Trinajstić information content (AvgIpc) is 3.96. The minimum absolute atomic E-state index is 0.355. The molecule has 64 heavy (non-hydrogen) atoms. The molecule has 4 saturated carbocycles. The van der Waals surface area contributed by atoms with Gasteiger partial charge in [0.25, 0.3) is 0 Å². The molecule has 9 aromatic rings. The van der Waals surface area contributed by atoms with Gasteiger partial charge in [0, 0.05) is 27.8 Å². The van der Waals surface area contributed by atoms with Crippen LogP contribution in [0, 0.1) is 23.2 Å². The summed E-state index contributed by atoms with van der Waals surface area (Å²) in [7, 11) is 0. The van der Waals surface area contributed by atoms with Crippen molar-refractivity contribution >= 4 is 10.8 Å². The Labute approximate surface area is 372 Å². The van der Waals surface area contributed by atoms with Crippen LogP contribution in [0.3, 0.4) is 0 Å². The monoisotopic (exact) mass is 821 g/mol. The predicted molar refractivity (Wildman–Crippen MR) is 254 cm³/mol. The molecule has 3 unspecified atom stereocenters. The van der Waals surface area contributed by atoms with E-state index >= 15 is 0 Å². The molecular weight excluding hydrogens is 779 g/mol. The SMILES string of the molecule is c1cc(-c2ccc3c(c2)C2(c4ccccc4O3)c3ccccc3-c3ccccc32)cc(-c2nc(-c3ccc(C45C[C@H]6CC7C[C@@H](C4)C76C5)cc3)nc(-c3cccc4ccccc34)n2)c1. The first-order valence-corrected chi connectivity index (χ1v) is 23.2. The average molecular weight is 822 g/mol. The molecule has 4 heteroatoms. The van der Waals surface area contributed by atoms with Crippen LogP contribution in [-0.2, 0) is 10.8 Å². The molecule has 0 amide bonds. The number of rotatable bonds is 5. The molecule has 15 rings (SSSR count). The topological polar surface area (TPSA) is 47.9 Å². The van der Waals surface area contributed by atoms with Crippen molar-refractivity contribution in [1.29, 1.82) is 0 Å².